The van der Waals surface area contributed by atoms with Gasteiger partial charge in [0.1, 0.15) is 5.82 Å². The summed E-state index contributed by atoms with van der Waals surface area (Å²) in [7, 11) is 0. The third-order valence-electron chi connectivity index (χ3n) is 4.49. The molecule has 1 N–H and O–H groups in total. The van der Waals surface area contributed by atoms with E-state index in [4.69, 9.17) is 0 Å². The van der Waals surface area contributed by atoms with E-state index in [2.05, 4.69) is 57.0 Å². The van der Waals surface area contributed by atoms with E-state index in [-0.39, 0.29) is 18.2 Å². The van der Waals surface area contributed by atoms with Crippen molar-refractivity contribution in [1.29, 1.82) is 0 Å². The van der Waals surface area contributed by atoms with Gasteiger partial charge in [-0.3, -0.25) is 0 Å². The van der Waals surface area contributed by atoms with Crippen LogP contribution in [0.4, 0.5) is 16.0 Å². The zero-order chi connectivity index (χ0) is 20.3. The molecule has 5 aromatic rings. The molecule has 2 heterocycles. The Bertz CT molecular complexity index is 1290. The Kier molecular flexibility index (Phi) is 6.16. The van der Waals surface area contributed by atoms with E-state index in [0.29, 0.717) is 17.3 Å². The Hall–Kier alpha value is -3.42. The first-order chi connectivity index (χ1) is 14.7. The van der Waals surface area contributed by atoms with Crippen molar-refractivity contribution < 1.29 is 4.39 Å². The van der Waals surface area contributed by atoms with Gasteiger partial charge in [0.2, 0.25) is 5.95 Å². The Morgan fingerprint density at radius 2 is 1.45 bits per heavy atom. The summed E-state index contributed by atoms with van der Waals surface area (Å²) >= 11 is 1.72. The van der Waals surface area contributed by atoms with Crippen LogP contribution in [0.2, 0.25) is 0 Å². The maximum Gasteiger partial charge on any atom is 0.250 e. The van der Waals surface area contributed by atoms with Crippen LogP contribution in [0.5, 0.6) is 0 Å². The normalized spacial score (nSPS) is 10.6. The number of benzene rings is 3. The fraction of sp³-hybridized carbons (Fsp3) is 0. The number of anilines is 2. The van der Waals surface area contributed by atoms with Gasteiger partial charge in [-0.15, -0.1) is 22.6 Å². The van der Waals surface area contributed by atoms with Crippen molar-refractivity contribution >= 4 is 41.5 Å². The molecule has 0 aliphatic carbocycles. The quantitative estimate of drug-likeness (QED) is 0.344. The van der Waals surface area contributed by atoms with Crippen molar-refractivity contribution in [2.45, 2.75) is 9.79 Å². The summed E-state index contributed by atoms with van der Waals surface area (Å²) in [4.78, 5) is 2.36. The molecular weight excluding hydrogens is 433 g/mol. The summed E-state index contributed by atoms with van der Waals surface area (Å²) in [5.41, 5.74) is 3.14. The molecule has 0 fully saturated rings. The molecule has 5 nitrogen and oxygen atoms in total. The van der Waals surface area contributed by atoms with Gasteiger partial charge in [-0.2, -0.15) is 9.61 Å². The van der Waals surface area contributed by atoms with Crippen LogP contribution in [-0.2, 0) is 0 Å². The summed E-state index contributed by atoms with van der Waals surface area (Å²) in [5, 5.41) is 16.1. The lowest BCUT2D eigenvalue weighted by molar-refractivity contribution is 0.628. The molecule has 0 amide bonds. The Morgan fingerprint density at radius 3 is 2.19 bits per heavy atom. The number of nitrogens with zero attached hydrogens (tertiary/aromatic N) is 4. The highest BCUT2D eigenvalue weighted by Gasteiger charge is 2.09. The third-order valence-corrected chi connectivity index (χ3v) is 5.51. The van der Waals surface area contributed by atoms with Crippen molar-refractivity contribution in [3.8, 4) is 11.3 Å². The summed E-state index contributed by atoms with van der Waals surface area (Å²) < 4.78 is 14.8. The van der Waals surface area contributed by atoms with Crippen molar-refractivity contribution in [1.82, 2.24) is 19.8 Å². The van der Waals surface area contributed by atoms with Crippen molar-refractivity contribution in [2.75, 3.05) is 5.32 Å². The van der Waals surface area contributed by atoms with Gasteiger partial charge in [-0.25, -0.2) is 4.39 Å². The predicted molar refractivity (Wildman–Crippen MR) is 124 cm³/mol. The third kappa shape index (κ3) is 4.68. The lowest BCUT2D eigenvalue weighted by Gasteiger charge is -2.06. The van der Waals surface area contributed by atoms with Crippen LogP contribution in [-0.4, -0.2) is 19.8 Å². The molecule has 0 spiro atoms. The van der Waals surface area contributed by atoms with E-state index in [0.717, 1.165) is 16.2 Å². The average molecular weight is 450 g/mol. The van der Waals surface area contributed by atoms with Gasteiger partial charge in [0.05, 0.1) is 5.69 Å². The molecule has 0 saturated heterocycles. The zero-order valence-electron chi connectivity index (χ0n) is 16.1. The summed E-state index contributed by atoms with van der Waals surface area (Å²) in [6.45, 7) is 0. The van der Waals surface area contributed by atoms with E-state index in [1.807, 2.05) is 30.3 Å². The van der Waals surface area contributed by atoms with Crippen molar-refractivity contribution in [3.05, 3.63) is 96.8 Å². The highest BCUT2D eigenvalue weighted by Crippen LogP contribution is 2.29. The van der Waals surface area contributed by atoms with Gasteiger partial charge in [-0.05, 0) is 60.7 Å². The van der Waals surface area contributed by atoms with Crippen LogP contribution >= 0.6 is 24.2 Å². The van der Waals surface area contributed by atoms with Crippen molar-refractivity contribution in [3.63, 3.8) is 0 Å². The molecule has 31 heavy (non-hydrogen) atoms. The molecule has 0 bridgehead atoms. The number of fused-ring (bicyclic) bond motifs is 1. The SMILES string of the molecule is Cl.Fc1ccc(Nc2nnc3ccc(-c4ccc(Sc5ccccc5)cc4)nn23)cc1. The standard InChI is InChI=1S/C23H16FN5S.ClH/c24-17-8-10-18(11-9-17)25-23-27-26-22-15-14-21(28-29(22)23)16-6-12-20(13-7-16)30-19-4-2-1-3-5-19;/h1-15H,(H,25,27);1H. The maximum absolute atomic E-state index is 13.1. The lowest BCUT2D eigenvalue weighted by atomic mass is 10.1. The van der Waals surface area contributed by atoms with E-state index in [9.17, 15) is 4.39 Å². The number of nitrogens with one attached hydrogen (secondary N) is 1. The Labute approximate surface area is 188 Å². The number of aromatic nitrogens is 4. The first-order valence-corrected chi connectivity index (χ1v) is 10.1. The second-order valence-corrected chi connectivity index (χ2v) is 7.73. The molecule has 154 valence electrons. The lowest BCUT2D eigenvalue weighted by Crippen LogP contribution is -2.01. The fourth-order valence-electron chi connectivity index (χ4n) is 3.00. The molecule has 0 saturated carbocycles. The fourth-order valence-corrected chi connectivity index (χ4v) is 3.84. The highest BCUT2D eigenvalue weighted by molar-refractivity contribution is 7.99. The zero-order valence-corrected chi connectivity index (χ0v) is 17.8. The molecule has 8 heteroatoms. The predicted octanol–water partition coefficient (Wildman–Crippen LogP) is 6.25. The molecule has 5 rings (SSSR count). The first-order valence-electron chi connectivity index (χ1n) is 9.33. The van der Waals surface area contributed by atoms with Gasteiger partial charge in [0, 0.05) is 21.0 Å². The number of hydrogen-bond acceptors (Lipinski definition) is 5. The van der Waals surface area contributed by atoms with Gasteiger partial charge in [0.25, 0.3) is 0 Å². The molecule has 0 atom stereocenters. The minimum absolute atomic E-state index is 0. The van der Waals surface area contributed by atoms with Gasteiger partial charge >= 0.3 is 0 Å². The molecular formula is C23H17ClFN5S. The van der Waals surface area contributed by atoms with Gasteiger partial charge < -0.3 is 5.32 Å². The molecule has 0 aliphatic heterocycles. The highest BCUT2D eigenvalue weighted by atomic mass is 35.5. The first kappa shape index (κ1) is 20.8. The minimum Gasteiger partial charge on any atom is -0.323 e. The second kappa shape index (κ2) is 9.16. The molecule has 0 radical (unpaired) electrons. The largest absolute Gasteiger partial charge is 0.323 e. The van der Waals surface area contributed by atoms with Crippen LogP contribution in [0.1, 0.15) is 0 Å². The topological polar surface area (TPSA) is 55.1 Å². The van der Waals surface area contributed by atoms with Gasteiger partial charge in [-0.1, -0.05) is 42.1 Å². The Balaban J connectivity index is 0.00000231. The van der Waals surface area contributed by atoms with Crippen LogP contribution < -0.4 is 5.32 Å². The molecule has 2 aromatic heterocycles. The van der Waals surface area contributed by atoms with Crippen LogP contribution in [0, 0.1) is 5.82 Å². The summed E-state index contributed by atoms with van der Waals surface area (Å²) in [6.07, 6.45) is 0. The van der Waals surface area contributed by atoms with E-state index >= 15 is 0 Å². The molecule has 0 unspecified atom stereocenters. The van der Waals surface area contributed by atoms with E-state index < -0.39 is 0 Å². The summed E-state index contributed by atoms with van der Waals surface area (Å²) in [6, 6.07) is 28.4. The smallest absolute Gasteiger partial charge is 0.250 e. The maximum atomic E-state index is 13.1. The second-order valence-electron chi connectivity index (χ2n) is 6.58. The average Bonchev–Trinajstić information content (AvgIpc) is 3.18. The van der Waals surface area contributed by atoms with Crippen LogP contribution in [0.25, 0.3) is 16.9 Å². The minimum atomic E-state index is -0.291. The molecule has 3 aromatic carbocycles. The van der Waals surface area contributed by atoms with Crippen LogP contribution in [0.3, 0.4) is 0 Å². The monoisotopic (exact) mass is 449 g/mol. The Morgan fingerprint density at radius 1 is 0.742 bits per heavy atom. The number of rotatable bonds is 5. The van der Waals surface area contributed by atoms with Crippen molar-refractivity contribution in [2.24, 2.45) is 0 Å². The summed E-state index contributed by atoms with van der Waals surface area (Å²) in [5.74, 6) is 0.177. The number of halogens is 2. The van der Waals surface area contributed by atoms with Gasteiger partial charge in [0.15, 0.2) is 5.65 Å². The molecule has 0 aliphatic rings. The number of hydrogen-bond donors (Lipinski definition) is 1. The van der Waals surface area contributed by atoms with Crippen LogP contribution in [0.15, 0.2) is 101 Å². The van der Waals surface area contributed by atoms with E-state index in [1.54, 1.807) is 28.4 Å². The van der Waals surface area contributed by atoms with E-state index in [1.165, 1.54) is 17.0 Å².